The van der Waals surface area contributed by atoms with E-state index in [0.29, 0.717) is 6.42 Å². The SMILES string of the molecule is C=C.Cn1nc(C2CC2)cc1CCCCC=O. The number of carbonyl (C=O) groups excluding carboxylic acids is 1. The lowest BCUT2D eigenvalue weighted by molar-refractivity contribution is -0.107. The van der Waals surface area contributed by atoms with Gasteiger partial charge in [0.05, 0.1) is 5.69 Å². The van der Waals surface area contributed by atoms with Crippen LogP contribution >= 0.6 is 0 Å². The highest BCUT2D eigenvalue weighted by atomic mass is 16.1. The van der Waals surface area contributed by atoms with E-state index in [4.69, 9.17) is 0 Å². The summed E-state index contributed by atoms with van der Waals surface area (Å²) in [6, 6.07) is 2.23. The largest absolute Gasteiger partial charge is 0.303 e. The first-order valence-corrected chi connectivity index (χ1v) is 6.27. The van der Waals surface area contributed by atoms with Crippen molar-refractivity contribution in [3.8, 4) is 0 Å². The van der Waals surface area contributed by atoms with Crippen LogP contribution in [0.4, 0.5) is 0 Å². The zero-order chi connectivity index (χ0) is 12.7. The van der Waals surface area contributed by atoms with Gasteiger partial charge < -0.3 is 4.79 Å². The van der Waals surface area contributed by atoms with Gasteiger partial charge in [0, 0.05) is 25.1 Å². The van der Waals surface area contributed by atoms with E-state index in [2.05, 4.69) is 24.3 Å². The fourth-order valence-corrected chi connectivity index (χ4v) is 1.88. The highest BCUT2D eigenvalue weighted by molar-refractivity contribution is 5.48. The van der Waals surface area contributed by atoms with Crippen LogP contribution in [0.15, 0.2) is 19.2 Å². The minimum Gasteiger partial charge on any atom is -0.303 e. The lowest BCUT2D eigenvalue weighted by Gasteiger charge is -1.99. The van der Waals surface area contributed by atoms with E-state index < -0.39 is 0 Å². The Balaban J connectivity index is 0.000000686. The molecule has 0 amide bonds. The second kappa shape index (κ2) is 7.05. The van der Waals surface area contributed by atoms with Crippen molar-refractivity contribution in [1.82, 2.24) is 9.78 Å². The number of hydrogen-bond donors (Lipinski definition) is 0. The highest BCUT2D eigenvalue weighted by Gasteiger charge is 2.26. The van der Waals surface area contributed by atoms with Crippen LogP contribution in [0.1, 0.15) is 49.4 Å². The quantitative estimate of drug-likeness (QED) is 0.431. The van der Waals surface area contributed by atoms with Crippen LogP contribution in [-0.2, 0) is 18.3 Å². The Morgan fingerprint density at radius 1 is 1.47 bits per heavy atom. The molecule has 0 bridgehead atoms. The number of nitrogens with zero attached hydrogens (tertiary/aromatic N) is 2. The van der Waals surface area contributed by atoms with E-state index in [1.165, 1.54) is 24.2 Å². The molecule has 0 spiro atoms. The molecule has 1 aromatic heterocycles. The summed E-state index contributed by atoms with van der Waals surface area (Å²) in [7, 11) is 2.01. The Morgan fingerprint density at radius 3 is 2.76 bits per heavy atom. The van der Waals surface area contributed by atoms with Gasteiger partial charge in [-0.15, -0.1) is 13.2 Å². The maximum atomic E-state index is 10.2. The van der Waals surface area contributed by atoms with Gasteiger partial charge in [-0.05, 0) is 38.2 Å². The molecule has 94 valence electrons. The monoisotopic (exact) mass is 234 g/mol. The first-order chi connectivity index (χ1) is 8.31. The summed E-state index contributed by atoms with van der Waals surface area (Å²) in [5, 5.41) is 4.52. The molecule has 1 saturated carbocycles. The summed E-state index contributed by atoms with van der Waals surface area (Å²) in [4.78, 5) is 10.2. The maximum absolute atomic E-state index is 10.2. The van der Waals surface area contributed by atoms with Gasteiger partial charge in [0.15, 0.2) is 0 Å². The molecule has 1 fully saturated rings. The van der Waals surface area contributed by atoms with Crippen molar-refractivity contribution in [3.05, 3.63) is 30.6 Å². The molecule has 1 aromatic rings. The van der Waals surface area contributed by atoms with E-state index >= 15 is 0 Å². The van der Waals surface area contributed by atoms with Crippen molar-refractivity contribution in [3.63, 3.8) is 0 Å². The van der Waals surface area contributed by atoms with E-state index in [1.54, 1.807) is 0 Å². The first kappa shape index (κ1) is 13.7. The molecular formula is C14H22N2O. The summed E-state index contributed by atoms with van der Waals surface area (Å²) in [6.45, 7) is 6.00. The predicted octanol–water partition coefficient (Wildman–Crippen LogP) is 3.01. The van der Waals surface area contributed by atoms with Crippen LogP contribution in [0.5, 0.6) is 0 Å². The number of hydrogen-bond acceptors (Lipinski definition) is 2. The molecule has 1 aliphatic carbocycles. The molecule has 0 atom stereocenters. The van der Waals surface area contributed by atoms with Gasteiger partial charge in [0.1, 0.15) is 6.29 Å². The standard InChI is InChI=1S/C12H18N2O.C2H4/c1-14-11(5-3-2-4-8-15)9-12(13-14)10-6-7-10;1-2/h8-10H,2-7H2,1H3;1-2H2. The van der Waals surface area contributed by atoms with E-state index in [0.717, 1.165) is 31.5 Å². The van der Waals surface area contributed by atoms with Gasteiger partial charge in [-0.3, -0.25) is 4.68 Å². The first-order valence-electron chi connectivity index (χ1n) is 6.27. The Bertz CT molecular complexity index is 353. The molecule has 0 radical (unpaired) electrons. The second-order valence-corrected chi connectivity index (χ2v) is 4.37. The fraction of sp³-hybridized carbons (Fsp3) is 0.571. The summed E-state index contributed by atoms with van der Waals surface area (Å²) in [5.74, 6) is 0.736. The minimum absolute atomic E-state index is 0.688. The van der Waals surface area contributed by atoms with Crippen molar-refractivity contribution >= 4 is 6.29 Å². The number of aldehydes is 1. The third kappa shape index (κ3) is 4.17. The minimum atomic E-state index is 0.688. The van der Waals surface area contributed by atoms with Gasteiger partial charge in [0.2, 0.25) is 0 Å². The lowest BCUT2D eigenvalue weighted by atomic mass is 10.1. The zero-order valence-corrected chi connectivity index (χ0v) is 10.7. The van der Waals surface area contributed by atoms with E-state index in [-0.39, 0.29) is 0 Å². The normalized spacial score (nSPS) is 13.9. The molecule has 0 aliphatic heterocycles. The van der Waals surface area contributed by atoms with E-state index in [9.17, 15) is 4.79 Å². The third-order valence-corrected chi connectivity index (χ3v) is 3.00. The lowest BCUT2D eigenvalue weighted by Crippen LogP contribution is -1.98. The Kier molecular flexibility index (Phi) is 5.67. The van der Waals surface area contributed by atoms with Gasteiger partial charge in [-0.25, -0.2) is 0 Å². The third-order valence-electron chi connectivity index (χ3n) is 3.00. The van der Waals surface area contributed by atoms with Crippen LogP contribution in [0.3, 0.4) is 0 Å². The average molecular weight is 234 g/mol. The molecular weight excluding hydrogens is 212 g/mol. The average Bonchev–Trinajstić information content (AvgIpc) is 3.13. The molecule has 0 unspecified atom stereocenters. The number of rotatable bonds is 6. The molecule has 1 aliphatic rings. The smallest absolute Gasteiger partial charge is 0.119 e. The molecule has 2 rings (SSSR count). The van der Waals surface area contributed by atoms with Gasteiger partial charge in [-0.2, -0.15) is 5.10 Å². The fourth-order valence-electron chi connectivity index (χ4n) is 1.88. The Hall–Kier alpha value is -1.38. The topological polar surface area (TPSA) is 34.9 Å². The molecule has 0 aromatic carbocycles. The second-order valence-electron chi connectivity index (χ2n) is 4.37. The molecule has 3 heteroatoms. The van der Waals surface area contributed by atoms with Crippen LogP contribution in [-0.4, -0.2) is 16.1 Å². The number of carbonyl (C=O) groups is 1. The van der Waals surface area contributed by atoms with Crippen LogP contribution < -0.4 is 0 Å². The van der Waals surface area contributed by atoms with Gasteiger partial charge in [-0.1, -0.05) is 0 Å². The predicted molar refractivity (Wildman–Crippen MR) is 70.1 cm³/mol. The van der Waals surface area contributed by atoms with Crippen molar-refractivity contribution < 1.29 is 4.79 Å². The van der Waals surface area contributed by atoms with Crippen molar-refractivity contribution in [2.75, 3.05) is 0 Å². The van der Waals surface area contributed by atoms with Crippen molar-refractivity contribution in [2.45, 2.75) is 44.4 Å². The summed E-state index contributed by atoms with van der Waals surface area (Å²) in [6.07, 6.45) is 7.43. The van der Waals surface area contributed by atoms with Crippen LogP contribution in [0, 0.1) is 0 Å². The van der Waals surface area contributed by atoms with Gasteiger partial charge >= 0.3 is 0 Å². The Labute approximate surface area is 104 Å². The molecule has 17 heavy (non-hydrogen) atoms. The molecule has 1 heterocycles. The van der Waals surface area contributed by atoms with Crippen molar-refractivity contribution in [2.24, 2.45) is 7.05 Å². The maximum Gasteiger partial charge on any atom is 0.119 e. The molecule has 0 saturated heterocycles. The summed E-state index contributed by atoms with van der Waals surface area (Å²) < 4.78 is 1.99. The number of unbranched alkanes of at least 4 members (excludes halogenated alkanes) is 2. The van der Waals surface area contributed by atoms with Crippen molar-refractivity contribution in [1.29, 1.82) is 0 Å². The molecule has 0 N–H and O–H groups in total. The van der Waals surface area contributed by atoms with E-state index in [1.807, 2.05) is 11.7 Å². The number of aryl methyl sites for hydroxylation is 2. The van der Waals surface area contributed by atoms with Gasteiger partial charge in [0.25, 0.3) is 0 Å². The van der Waals surface area contributed by atoms with Crippen LogP contribution in [0.2, 0.25) is 0 Å². The Morgan fingerprint density at radius 2 is 2.18 bits per heavy atom. The number of aromatic nitrogens is 2. The summed E-state index contributed by atoms with van der Waals surface area (Å²) in [5.41, 5.74) is 2.57. The van der Waals surface area contributed by atoms with Crippen LogP contribution in [0.25, 0.3) is 0 Å². The summed E-state index contributed by atoms with van der Waals surface area (Å²) >= 11 is 0. The molecule has 3 nitrogen and oxygen atoms in total. The zero-order valence-electron chi connectivity index (χ0n) is 10.7. The highest BCUT2D eigenvalue weighted by Crippen LogP contribution is 2.39.